The summed E-state index contributed by atoms with van der Waals surface area (Å²) in [6.45, 7) is 3.72. The largest absolute Gasteiger partial charge is 0.493 e. The van der Waals surface area contributed by atoms with Crippen LogP contribution in [0.25, 0.3) is 29.0 Å². The van der Waals surface area contributed by atoms with Crippen LogP contribution < -0.4 is 9.47 Å². The summed E-state index contributed by atoms with van der Waals surface area (Å²) in [5.74, 6) is 4.05. The lowest BCUT2D eigenvalue weighted by Crippen LogP contribution is -2.08. The van der Waals surface area contributed by atoms with E-state index < -0.39 is 0 Å². The molecule has 0 atom stereocenters. The Morgan fingerprint density at radius 3 is 2.44 bits per heavy atom. The van der Waals surface area contributed by atoms with Gasteiger partial charge in [0.25, 0.3) is 0 Å². The number of pyridine rings is 2. The van der Waals surface area contributed by atoms with E-state index in [1.165, 1.54) is 0 Å². The van der Waals surface area contributed by atoms with E-state index in [2.05, 4.69) is 30.0 Å². The van der Waals surface area contributed by atoms with Gasteiger partial charge in [0, 0.05) is 18.7 Å². The van der Waals surface area contributed by atoms with Gasteiger partial charge in [0.15, 0.2) is 17.3 Å². The van der Waals surface area contributed by atoms with Gasteiger partial charge in [-0.3, -0.25) is 4.98 Å². The molecular weight excluding hydrogens is 454 g/mol. The standard InChI is InChI=1S/C27H25N7O2/c1-17-29-21(9-8-20-10-11-22-23(32-20)6-5-13-28-22)16-27(30-17)34-26(31-18(2)33-34)15-19-7-12-24(35-3)25(14-19)36-4/h5-14,16H,15H2,1-4H3. The molecule has 4 heterocycles. The molecule has 0 aliphatic carbocycles. The van der Waals surface area contributed by atoms with Crippen LogP contribution in [0.3, 0.4) is 0 Å². The number of benzene rings is 1. The van der Waals surface area contributed by atoms with E-state index in [4.69, 9.17) is 9.47 Å². The predicted octanol–water partition coefficient (Wildman–Crippen LogP) is 4.40. The fourth-order valence-electron chi connectivity index (χ4n) is 3.93. The number of rotatable bonds is 7. The highest BCUT2D eigenvalue weighted by atomic mass is 16.5. The Kier molecular flexibility index (Phi) is 6.36. The summed E-state index contributed by atoms with van der Waals surface area (Å²) in [6.07, 6.45) is 6.15. The van der Waals surface area contributed by atoms with Crippen LogP contribution in [0.5, 0.6) is 11.5 Å². The molecule has 5 aromatic rings. The number of nitrogens with zero attached hydrogens (tertiary/aromatic N) is 7. The molecule has 0 bridgehead atoms. The molecule has 0 radical (unpaired) electrons. The van der Waals surface area contributed by atoms with Crippen LogP contribution in [-0.2, 0) is 6.42 Å². The smallest absolute Gasteiger partial charge is 0.161 e. The molecule has 4 aromatic heterocycles. The summed E-state index contributed by atoms with van der Waals surface area (Å²) >= 11 is 0. The van der Waals surface area contributed by atoms with Gasteiger partial charge in [-0.15, -0.1) is 5.10 Å². The summed E-state index contributed by atoms with van der Waals surface area (Å²) < 4.78 is 12.6. The van der Waals surface area contributed by atoms with Gasteiger partial charge in [-0.1, -0.05) is 6.07 Å². The molecule has 0 N–H and O–H groups in total. The fraction of sp³-hybridized carbons (Fsp3) is 0.185. The Labute approximate surface area is 208 Å². The summed E-state index contributed by atoms with van der Waals surface area (Å²) in [4.78, 5) is 22.8. The third-order valence-corrected chi connectivity index (χ3v) is 5.55. The summed E-state index contributed by atoms with van der Waals surface area (Å²) in [7, 11) is 3.24. The molecule has 0 amide bonds. The average molecular weight is 480 g/mol. The molecule has 0 aliphatic rings. The van der Waals surface area contributed by atoms with E-state index in [-0.39, 0.29) is 0 Å². The van der Waals surface area contributed by atoms with Gasteiger partial charge >= 0.3 is 0 Å². The summed E-state index contributed by atoms with van der Waals surface area (Å²) in [6, 6.07) is 15.4. The predicted molar refractivity (Wildman–Crippen MR) is 137 cm³/mol. The lowest BCUT2D eigenvalue weighted by Gasteiger charge is -2.10. The third kappa shape index (κ3) is 4.90. The molecule has 180 valence electrons. The topological polar surface area (TPSA) is 101 Å². The van der Waals surface area contributed by atoms with Crippen LogP contribution in [-0.4, -0.2) is 48.9 Å². The van der Waals surface area contributed by atoms with E-state index in [1.54, 1.807) is 25.1 Å². The number of hydrogen-bond donors (Lipinski definition) is 0. The Hall–Kier alpha value is -4.66. The first kappa shape index (κ1) is 23.1. The lowest BCUT2D eigenvalue weighted by atomic mass is 10.1. The van der Waals surface area contributed by atoms with Gasteiger partial charge in [-0.2, -0.15) is 4.68 Å². The molecule has 0 saturated carbocycles. The van der Waals surface area contributed by atoms with E-state index >= 15 is 0 Å². The van der Waals surface area contributed by atoms with E-state index in [1.807, 2.05) is 74.5 Å². The zero-order valence-electron chi connectivity index (χ0n) is 20.5. The second-order valence-electron chi connectivity index (χ2n) is 8.16. The van der Waals surface area contributed by atoms with Crippen molar-refractivity contribution in [3.63, 3.8) is 0 Å². The number of aryl methyl sites for hydroxylation is 2. The van der Waals surface area contributed by atoms with Crippen molar-refractivity contribution in [2.75, 3.05) is 14.2 Å². The monoisotopic (exact) mass is 479 g/mol. The second-order valence-corrected chi connectivity index (χ2v) is 8.16. The molecule has 36 heavy (non-hydrogen) atoms. The summed E-state index contributed by atoms with van der Waals surface area (Å²) in [5.41, 5.74) is 4.29. The fourth-order valence-corrected chi connectivity index (χ4v) is 3.93. The SMILES string of the molecule is COc1ccc(Cc2nc(C)nn2-c2cc(C=Cc3ccc4ncccc4n3)nc(C)n2)cc1OC. The van der Waals surface area contributed by atoms with E-state index in [0.717, 1.165) is 33.8 Å². The number of hydrogen-bond acceptors (Lipinski definition) is 8. The molecule has 0 saturated heterocycles. The molecule has 0 aliphatic heterocycles. The maximum Gasteiger partial charge on any atom is 0.161 e. The van der Waals surface area contributed by atoms with Crippen molar-refractivity contribution >= 4 is 23.2 Å². The van der Waals surface area contributed by atoms with Gasteiger partial charge in [0.1, 0.15) is 17.5 Å². The van der Waals surface area contributed by atoms with Crippen LogP contribution in [0, 0.1) is 13.8 Å². The maximum atomic E-state index is 5.45. The minimum absolute atomic E-state index is 0.546. The second kappa shape index (κ2) is 9.91. The molecule has 0 unspecified atom stereocenters. The van der Waals surface area contributed by atoms with Gasteiger partial charge < -0.3 is 9.47 Å². The third-order valence-electron chi connectivity index (χ3n) is 5.55. The van der Waals surface area contributed by atoms with Crippen molar-refractivity contribution in [1.82, 2.24) is 34.7 Å². The Morgan fingerprint density at radius 1 is 0.778 bits per heavy atom. The van der Waals surface area contributed by atoms with Crippen molar-refractivity contribution in [3.8, 4) is 17.3 Å². The quantitative estimate of drug-likeness (QED) is 0.339. The molecule has 9 heteroatoms. The number of fused-ring (bicyclic) bond motifs is 1. The lowest BCUT2D eigenvalue weighted by molar-refractivity contribution is 0.354. The average Bonchev–Trinajstić information content (AvgIpc) is 3.26. The van der Waals surface area contributed by atoms with E-state index in [0.29, 0.717) is 35.4 Å². The number of aromatic nitrogens is 7. The van der Waals surface area contributed by atoms with Crippen molar-refractivity contribution in [2.45, 2.75) is 20.3 Å². The van der Waals surface area contributed by atoms with Crippen molar-refractivity contribution < 1.29 is 9.47 Å². The van der Waals surface area contributed by atoms with Gasteiger partial charge in [0.2, 0.25) is 0 Å². The van der Waals surface area contributed by atoms with Gasteiger partial charge in [-0.25, -0.2) is 19.9 Å². The Morgan fingerprint density at radius 2 is 1.61 bits per heavy atom. The zero-order valence-corrected chi connectivity index (χ0v) is 20.5. The Bertz CT molecular complexity index is 1580. The minimum Gasteiger partial charge on any atom is -0.493 e. The van der Waals surface area contributed by atoms with Crippen LogP contribution >= 0.6 is 0 Å². The van der Waals surface area contributed by atoms with E-state index in [9.17, 15) is 0 Å². The highest BCUT2D eigenvalue weighted by Crippen LogP contribution is 2.28. The molecule has 1 aromatic carbocycles. The van der Waals surface area contributed by atoms with Crippen LogP contribution in [0.1, 0.15) is 34.4 Å². The van der Waals surface area contributed by atoms with Crippen molar-refractivity contribution in [2.24, 2.45) is 0 Å². The molecule has 0 fully saturated rings. The first-order valence-electron chi connectivity index (χ1n) is 11.4. The molecular formula is C27H25N7O2. The highest BCUT2D eigenvalue weighted by molar-refractivity contribution is 5.77. The molecule has 5 rings (SSSR count). The molecule has 9 nitrogen and oxygen atoms in total. The van der Waals surface area contributed by atoms with Crippen LogP contribution in [0.4, 0.5) is 0 Å². The first-order chi connectivity index (χ1) is 17.5. The van der Waals surface area contributed by atoms with Crippen LogP contribution in [0.15, 0.2) is 54.7 Å². The maximum absolute atomic E-state index is 5.45. The first-order valence-corrected chi connectivity index (χ1v) is 11.4. The zero-order chi connectivity index (χ0) is 25.1. The number of ether oxygens (including phenoxy) is 2. The van der Waals surface area contributed by atoms with Crippen LogP contribution in [0.2, 0.25) is 0 Å². The van der Waals surface area contributed by atoms with Crippen molar-refractivity contribution in [1.29, 1.82) is 0 Å². The van der Waals surface area contributed by atoms with Gasteiger partial charge in [-0.05, 0) is 68.0 Å². The highest BCUT2D eigenvalue weighted by Gasteiger charge is 2.14. The minimum atomic E-state index is 0.546. The Balaban J connectivity index is 1.45. The summed E-state index contributed by atoms with van der Waals surface area (Å²) in [5, 5.41) is 4.60. The van der Waals surface area contributed by atoms with Crippen molar-refractivity contribution in [3.05, 3.63) is 89.2 Å². The number of methoxy groups -OCH3 is 2. The molecule has 0 spiro atoms. The van der Waals surface area contributed by atoms with Gasteiger partial charge in [0.05, 0.1) is 36.6 Å². The normalized spacial score (nSPS) is 11.3.